The summed E-state index contributed by atoms with van der Waals surface area (Å²) >= 11 is 0. The fourth-order valence-electron chi connectivity index (χ4n) is 3.93. The number of nitrogens with zero attached hydrogens (tertiary/aromatic N) is 3. The van der Waals surface area contributed by atoms with Crippen LogP contribution in [0.25, 0.3) is 22.2 Å². The molecular formula is C22H23ClF4N4O2S. The largest absolute Gasteiger partial charge is 0.416 e. The molecule has 2 N–H and O–H groups in total. The number of halogens is 5. The Bertz CT molecular complexity index is 1320. The average molecular weight is 519 g/mol. The third-order valence-corrected chi connectivity index (χ3v) is 7.46. The van der Waals surface area contributed by atoms with Crippen LogP contribution in [0.15, 0.2) is 59.5 Å². The second-order valence-corrected chi connectivity index (χ2v) is 9.73. The molecule has 0 spiro atoms. The zero-order valence-corrected chi connectivity index (χ0v) is 19.6. The van der Waals surface area contributed by atoms with Crippen LogP contribution >= 0.6 is 12.4 Å². The van der Waals surface area contributed by atoms with Gasteiger partial charge in [-0.15, -0.1) is 12.4 Å². The van der Waals surface area contributed by atoms with Gasteiger partial charge in [0.2, 0.25) is 10.0 Å². The van der Waals surface area contributed by atoms with Gasteiger partial charge >= 0.3 is 6.18 Å². The zero-order chi connectivity index (χ0) is 23.8. The van der Waals surface area contributed by atoms with Crippen molar-refractivity contribution >= 4 is 33.5 Å². The van der Waals surface area contributed by atoms with Crippen LogP contribution in [0.5, 0.6) is 0 Å². The van der Waals surface area contributed by atoms with E-state index >= 15 is 0 Å². The van der Waals surface area contributed by atoms with Gasteiger partial charge in [0.25, 0.3) is 0 Å². The summed E-state index contributed by atoms with van der Waals surface area (Å²) in [5.41, 5.74) is 5.03. The standard InChI is InChI=1S/C22H22F4N4O2S.ClH/c23-17(6-7-27)13-29-14-28-21-19(11-16(12-20(21)29)22(24,25)26)15-4-3-5-18(10-15)33(31,32)30-8-1-2-9-30;/h3-6,10-12,14H,1-2,7-9,13,27H2;1H/b17-6-;. The number of nitrogens with two attached hydrogens (primary N) is 1. The van der Waals surface area contributed by atoms with Crippen molar-refractivity contribution < 1.29 is 26.0 Å². The summed E-state index contributed by atoms with van der Waals surface area (Å²) in [6.07, 6.45) is -0.751. The molecule has 0 saturated carbocycles. The highest BCUT2D eigenvalue weighted by molar-refractivity contribution is 7.89. The lowest BCUT2D eigenvalue weighted by Crippen LogP contribution is -2.27. The summed E-state index contributed by atoms with van der Waals surface area (Å²) in [6, 6.07) is 7.65. The summed E-state index contributed by atoms with van der Waals surface area (Å²) in [4.78, 5) is 4.21. The number of fused-ring (bicyclic) bond motifs is 1. The van der Waals surface area contributed by atoms with Gasteiger partial charge in [-0.25, -0.2) is 17.8 Å². The van der Waals surface area contributed by atoms with E-state index in [9.17, 15) is 26.0 Å². The van der Waals surface area contributed by atoms with Crippen LogP contribution in [0.4, 0.5) is 17.6 Å². The molecular weight excluding hydrogens is 496 g/mol. The molecule has 0 unspecified atom stereocenters. The lowest BCUT2D eigenvalue weighted by atomic mass is 10.0. The molecule has 1 fully saturated rings. The molecule has 3 aromatic rings. The fraction of sp³-hybridized carbons (Fsp3) is 0.318. The molecule has 12 heteroatoms. The van der Waals surface area contributed by atoms with Crippen LogP contribution in [-0.2, 0) is 22.7 Å². The van der Waals surface area contributed by atoms with Gasteiger partial charge in [-0.2, -0.15) is 17.5 Å². The molecule has 0 atom stereocenters. The maximum absolute atomic E-state index is 14.0. The molecule has 6 nitrogen and oxygen atoms in total. The van der Waals surface area contributed by atoms with E-state index in [0.29, 0.717) is 13.1 Å². The number of alkyl halides is 3. The lowest BCUT2D eigenvalue weighted by Gasteiger charge is -2.16. The van der Waals surface area contributed by atoms with Crippen LogP contribution in [0.1, 0.15) is 18.4 Å². The highest BCUT2D eigenvalue weighted by atomic mass is 35.5. The second-order valence-electron chi connectivity index (χ2n) is 7.79. The van der Waals surface area contributed by atoms with Crippen LogP contribution in [0, 0.1) is 0 Å². The lowest BCUT2D eigenvalue weighted by molar-refractivity contribution is -0.137. The van der Waals surface area contributed by atoms with Gasteiger partial charge in [0.15, 0.2) is 0 Å². The van der Waals surface area contributed by atoms with Crippen molar-refractivity contribution in [2.24, 2.45) is 5.73 Å². The van der Waals surface area contributed by atoms with Crippen LogP contribution in [0.2, 0.25) is 0 Å². The number of sulfonamides is 1. The van der Waals surface area contributed by atoms with Crippen molar-refractivity contribution in [3.63, 3.8) is 0 Å². The van der Waals surface area contributed by atoms with Crippen molar-refractivity contribution in [1.82, 2.24) is 13.9 Å². The number of aromatic nitrogens is 2. The molecule has 34 heavy (non-hydrogen) atoms. The molecule has 1 aliphatic rings. The van der Waals surface area contributed by atoms with E-state index in [0.717, 1.165) is 31.1 Å². The van der Waals surface area contributed by atoms with Crippen LogP contribution in [-0.4, -0.2) is 41.9 Å². The van der Waals surface area contributed by atoms with E-state index in [2.05, 4.69) is 4.98 Å². The Kier molecular flexibility index (Phi) is 7.71. The van der Waals surface area contributed by atoms with Crippen LogP contribution in [0.3, 0.4) is 0 Å². The SMILES string of the molecule is Cl.NC/C=C(\F)Cn1cnc2c(-c3cccc(S(=O)(=O)N4CCCC4)c3)cc(C(F)(F)F)cc21. The average Bonchev–Trinajstić information content (AvgIpc) is 3.44. The highest BCUT2D eigenvalue weighted by Gasteiger charge is 2.33. The Hall–Kier alpha value is -2.47. The molecule has 1 aromatic heterocycles. The first kappa shape index (κ1) is 26.1. The Morgan fingerprint density at radius 1 is 1.15 bits per heavy atom. The summed E-state index contributed by atoms with van der Waals surface area (Å²) in [6.45, 7) is 0.451. The number of hydrogen-bond donors (Lipinski definition) is 1. The third kappa shape index (κ3) is 5.12. The maximum atomic E-state index is 14.0. The molecule has 1 saturated heterocycles. The van der Waals surface area contributed by atoms with E-state index < -0.39 is 27.6 Å². The topological polar surface area (TPSA) is 81.2 Å². The third-order valence-electron chi connectivity index (χ3n) is 5.56. The first-order valence-electron chi connectivity index (χ1n) is 10.3. The Morgan fingerprint density at radius 3 is 2.50 bits per heavy atom. The minimum Gasteiger partial charge on any atom is -0.327 e. The maximum Gasteiger partial charge on any atom is 0.416 e. The van der Waals surface area contributed by atoms with E-state index in [1.54, 1.807) is 0 Å². The molecule has 1 aliphatic heterocycles. The normalized spacial score (nSPS) is 15.6. The first-order valence-corrected chi connectivity index (χ1v) is 11.8. The summed E-state index contributed by atoms with van der Waals surface area (Å²) < 4.78 is 83.6. The fourth-order valence-corrected chi connectivity index (χ4v) is 5.49. The summed E-state index contributed by atoms with van der Waals surface area (Å²) in [5.74, 6) is -0.602. The van der Waals surface area contributed by atoms with E-state index in [1.165, 1.54) is 39.5 Å². The van der Waals surface area contributed by atoms with Gasteiger partial charge in [0, 0.05) is 25.2 Å². The van der Waals surface area contributed by atoms with Crippen molar-refractivity contribution in [1.29, 1.82) is 0 Å². The highest BCUT2D eigenvalue weighted by Crippen LogP contribution is 2.37. The van der Waals surface area contributed by atoms with E-state index in [1.807, 2.05) is 0 Å². The second kappa shape index (κ2) is 10.0. The number of rotatable bonds is 6. The van der Waals surface area contributed by atoms with E-state index in [-0.39, 0.29) is 52.6 Å². The van der Waals surface area contributed by atoms with Crippen molar-refractivity contribution in [2.75, 3.05) is 19.6 Å². The number of allylic oxidation sites excluding steroid dienone is 1. The van der Waals surface area contributed by atoms with Crippen molar-refractivity contribution in [3.8, 4) is 11.1 Å². The van der Waals surface area contributed by atoms with Gasteiger partial charge in [-0.3, -0.25) is 0 Å². The van der Waals surface area contributed by atoms with Gasteiger partial charge in [-0.1, -0.05) is 12.1 Å². The zero-order valence-electron chi connectivity index (χ0n) is 17.9. The van der Waals surface area contributed by atoms with E-state index in [4.69, 9.17) is 5.73 Å². The van der Waals surface area contributed by atoms with Gasteiger partial charge < -0.3 is 10.3 Å². The quantitative estimate of drug-likeness (QED) is 0.478. The van der Waals surface area contributed by atoms with Crippen molar-refractivity contribution in [2.45, 2.75) is 30.5 Å². The van der Waals surface area contributed by atoms with Gasteiger partial charge in [-0.05, 0) is 48.7 Å². The Morgan fingerprint density at radius 2 is 1.85 bits per heavy atom. The molecule has 184 valence electrons. The smallest absolute Gasteiger partial charge is 0.327 e. The molecule has 4 rings (SSSR count). The predicted molar refractivity (Wildman–Crippen MR) is 124 cm³/mol. The molecule has 0 bridgehead atoms. The number of benzene rings is 2. The van der Waals surface area contributed by atoms with Gasteiger partial charge in [0.1, 0.15) is 5.83 Å². The molecule has 2 aromatic carbocycles. The predicted octanol–water partition coefficient (Wildman–Crippen LogP) is 4.74. The van der Waals surface area contributed by atoms with Crippen molar-refractivity contribution in [3.05, 3.63) is 60.2 Å². The minimum absolute atomic E-state index is 0. The summed E-state index contributed by atoms with van der Waals surface area (Å²) in [5, 5.41) is 0. The Balaban J connectivity index is 0.00000324. The monoisotopic (exact) mass is 518 g/mol. The van der Waals surface area contributed by atoms with Gasteiger partial charge in [0.05, 0.1) is 34.4 Å². The molecule has 2 heterocycles. The number of imidazole rings is 1. The van der Waals surface area contributed by atoms with Crippen LogP contribution < -0.4 is 5.73 Å². The first-order chi connectivity index (χ1) is 15.6. The molecule has 0 aliphatic carbocycles. The molecule has 0 amide bonds. The number of hydrogen-bond acceptors (Lipinski definition) is 4. The summed E-state index contributed by atoms with van der Waals surface area (Å²) in [7, 11) is -3.76. The Labute approximate surface area is 200 Å². The minimum atomic E-state index is -4.66. The molecule has 0 radical (unpaired) electrons.